The fraction of sp³-hybridized carbons (Fsp3) is 0.556. The molecule has 0 nitrogen and oxygen atoms in total. The Bertz CT molecular complexity index is 445. The minimum Gasteiger partial charge on any atom is -0.212 e. The molecule has 0 unspecified atom stereocenters. The van der Waals surface area contributed by atoms with Crippen LogP contribution in [0.2, 0.25) is 18.1 Å². The number of benzene rings is 1. The Morgan fingerprint density at radius 3 is 2.43 bits per heavy atom. The first-order valence-corrected chi connectivity index (χ1v) is 10.8. The van der Waals surface area contributed by atoms with Crippen molar-refractivity contribution in [3.05, 3.63) is 41.7 Å². The molecule has 0 aromatic heterocycles. The Morgan fingerprint density at radius 1 is 1.19 bits per heavy atom. The van der Waals surface area contributed by atoms with Crippen LogP contribution in [-0.2, 0) is 0 Å². The van der Waals surface area contributed by atoms with Crippen LogP contribution in [0.25, 0.3) is 5.83 Å². The largest absolute Gasteiger partial charge is 0.212 e. The van der Waals surface area contributed by atoms with Crippen molar-refractivity contribution >= 4 is 14.6 Å². The number of unbranched alkanes of at least 4 members (excludes halogenated alkanes) is 2. The molecule has 3 heteroatoms. The molecular formula is C18H26F2Si. The molecule has 0 atom stereocenters. The van der Waals surface area contributed by atoms with Crippen LogP contribution in [0.5, 0.6) is 0 Å². The van der Waals surface area contributed by atoms with E-state index in [1.807, 2.05) is 12.1 Å². The second-order valence-corrected chi connectivity index (χ2v) is 9.76. The standard InChI is InChI=1S/C18H26F2Si/c1-2-3-4-11-21-12-9-16(10-13-21)15-5-7-17(8-6-15)18(20)14-19/h5-8,14,16,21H,2-4,9-13H2,1H3/t16-,21-. The van der Waals surface area contributed by atoms with Crippen molar-refractivity contribution < 1.29 is 8.78 Å². The minimum atomic E-state index is -0.784. The molecule has 1 aromatic carbocycles. The van der Waals surface area contributed by atoms with Crippen LogP contribution in [0.4, 0.5) is 8.78 Å². The molecular weight excluding hydrogens is 282 g/mol. The average molecular weight is 308 g/mol. The molecule has 0 saturated carbocycles. The quantitative estimate of drug-likeness (QED) is 0.432. The second-order valence-electron chi connectivity index (χ2n) is 6.29. The number of halogens is 2. The SMILES string of the molecule is CCCCC[Si@H]1CC[C@H](c2ccc(C(F)=CF)cc2)CC1. The molecule has 1 aliphatic heterocycles. The van der Waals surface area contributed by atoms with E-state index in [0.717, 1.165) is 0 Å². The van der Waals surface area contributed by atoms with Gasteiger partial charge in [-0.25, -0.2) is 8.78 Å². The molecule has 2 rings (SSSR count). The first-order chi connectivity index (χ1) is 10.2. The molecule has 1 aliphatic rings. The van der Waals surface area contributed by atoms with E-state index in [9.17, 15) is 8.78 Å². The molecule has 1 aromatic rings. The summed E-state index contributed by atoms with van der Waals surface area (Å²) in [5, 5.41) is 0. The monoisotopic (exact) mass is 308 g/mol. The van der Waals surface area contributed by atoms with Crippen LogP contribution in [0.1, 0.15) is 56.1 Å². The Morgan fingerprint density at radius 2 is 1.86 bits per heavy atom. The van der Waals surface area contributed by atoms with Gasteiger partial charge in [-0.3, -0.25) is 0 Å². The molecule has 0 amide bonds. The van der Waals surface area contributed by atoms with Crippen LogP contribution in [0.3, 0.4) is 0 Å². The third-order valence-corrected chi connectivity index (χ3v) is 8.34. The number of hydrogen-bond donors (Lipinski definition) is 0. The predicted molar refractivity (Wildman–Crippen MR) is 89.7 cm³/mol. The predicted octanol–water partition coefficient (Wildman–Crippen LogP) is 6.22. The third kappa shape index (κ3) is 4.77. The number of hydrogen-bond acceptors (Lipinski definition) is 0. The van der Waals surface area contributed by atoms with Gasteiger partial charge >= 0.3 is 0 Å². The van der Waals surface area contributed by atoms with Gasteiger partial charge in [0, 0.05) is 14.4 Å². The summed E-state index contributed by atoms with van der Waals surface area (Å²) in [7, 11) is -0.470. The van der Waals surface area contributed by atoms with E-state index >= 15 is 0 Å². The summed E-state index contributed by atoms with van der Waals surface area (Å²) in [5.74, 6) is -0.153. The lowest BCUT2D eigenvalue weighted by molar-refractivity contribution is 0.603. The highest BCUT2D eigenvalue weighted by atomic mass is 28.3. The molecule has 0 aliphatic carbocycles. The van der Waals surface area contributed by atoms with E-state index in [0.29, 0.717) is 11.5 Å². The Hall–Kier alpha value is -0.963. The van der Waals surface area contributed by atoms with Crippen LogP contribution < -0.4 is 0 Å². The van der Waals surface area contributed by atoms with Gasteiger partial charge in [-0.05, 0) is 24.3 Å². The van der Waals surface area contributed by atoms with Crippen molar-refractivity contribution in [1.82, 2.24) is 0 Å². The van der Waals surface area contributed by atoms with Gasteiger partial charge in [-0.1, -0.05) is 68.6 Å². The van der Waals surface area contributed by atoms with Crippen molar-refractivity contribution in [3.63, 3.8) is 0 Å². The third-order valence-electron chi connectivity index (χ3n) is 4.82. The van der Waals surface area contributed by atoms with E-state index in [4.69, 9.17) is 0 Å². The highest BCUT2D eigenvalue weighted by molar-refractivity contribution is 6.59. The smallest absolute Gasteiger partial charge is 0.158 e. The van der Waals surface area contributed by atoms with Crippen molar-refractivity contribution in [2.75, 3.05) is 0 Å². The maximum atomic E-state index is 13.1. The van der Waals surface area contributed by atoms with Crippen molar-refractivity contribution in [1.29, 1.82) is 0 Å². The van der Waals surface area contributed by atoms with Crippen LogP contribution in [0.15, 0.2) is 30.6 Å². The summed E-state index contributed by atoms with van der Waals surface area (Å²) >= 11 is 0. The zero-order valence-corrected chi connectivity index (χ0v) is 14.1. The van der Waals surface area contributed by atoms with Gasteiger partial charge in [-0.15, -0.1) is 0 Å². The first kappa shape index (κ1) is 16.4. The van der Waals surface area contributed by atoms with E-state index in [1.54, 1.807) is 12.1 Å². The summed E-state index contributed by atoms with van der Waals surface area (Å²) in [6.07, 6.45) is 6.76. The van der Waals surface area contributed by atoms with Crippen LogP contribution in [-0.4, -0.2) is 8.80 Å². The van der Waals surface area contributed by atoms with Gasteiger partial charge in [0.05, 0.1) is 0 Å². The normalized spacial score (nSPS) is 23.3. The molecule has 0 radical (unpaired) electrons. The summed E-state index contributed by atoms with van der Waals surface area (Å²) in [5.41, 5.74) is 1.63. The molecule has 1 saturated heterocycles. The van der Waals surface area contributed by atoms with Gasteiger partial charge in [0.25, 0.3) is 0 Å². The fourth-order valence-electron chi connectivity index (χ4n) is 3.44. The first-order valence-electron chi connectivity index (χ1n) is 8.30. The van der Waals surface area contributed by atoms with E-state index < -0.39 is 14.6 Å². The van der Waals surface area contributed by atoms with Crippen molar-refractivity contribution in [3.8, 4) is 0 Å². The lowest BCUT2D eigenvalue weighted by atomic mass is 9.93. The average Bonchev–Trinajstić information content (AvgIpc) is 2.55. The van der Waals surface area contributed by atoms with Gasteiger partial charge in [0.1, 0.15) is 6.33 Å². The van der Waals surface area contributed by atoms with Gasteiger partial charge in [-0.2, -0.15) is 0 Å². The van der Waals surface area contributed by atoms with Gasteiger partial charge in [0.2, 0.25) is 0 Å². The summed E-state index contributed by atoms with van der Waals surface area (Å²) < 4.78 is 25.3. The van der Waals surface area contributed by atoms with E-state index in [1.165, 1.54) is 55.8 Å². The zero-order valence-electron chi connectivity index (χ0n) is 13.0. The summed E-state index contributed by atoms with van der Waals surface area (Å²) in [6, 6.07) is 11.8. The van der Waals surface area contributed by atoms with Crippen LogP contribution in [0, 0.1) is 0 Å². The number of rotatable bonds is 6. The zero-order chi connectivity index (χ0) is 15.1. The second kappa shape index (κ2) is 8.47. The molecule has 1 heterocycles. The maximum absolute atomic E-state index is 13.1. The fourth-order valence-corrected chi connectivity index (χ4v) is 6.92. The van der Waals surface area contributed by atoms with Crippen LogP contribution >= 0.6 is 0 Å². The van der Waals surface area contributed by atoms with Gasteiger partial charge in [0.15, 0.2) is 5.83 Å². The van der Waals surface area contributed by atoms with Crippen molar-refractivity contribution in [2.45, 2.75) is 63.1 Å². The van der Waals surface area contributed by atoms with Crippen molar-refractivity contribution in [2.24, 2.45) is 0 Å². The van der Waals surface area contributed by atoms with E-state index in [2.05, 4.69) is 6.92 Å². The maximum Gasteiger partial charge on any atom is 0.158 e. The lowest BCUT2D eigenvalue weighted by Gasteiger charge is -2.28. The molecule has 0 spiro atoms. The van der Waals surface area contributed by atoms with E-state index in [-0.39, 0.29) is 6.33 Å². The molecule has 1 fully saturated rings. The Labute approximate surface area is 128 Å². The van der Waals surface area contributed by atoms with Gasteiger partial charge < -0.3 is 0 Å². The highest BCUT2D eigenvalue weighted by Crippen LogP contribution is 2.35. The highest BCUT2D eigenvalue weighted by Gasteiger charge is 2.22. The summed E-state index contributed by atoms with van der Waals surface area (Å²) in [6.45, 7) is 2.27. The topological polar surface area (TPSA) is 0 Å². The molecule has 0 bridgehead atoms. The molecule has 21 heavy (non-hydrogen) atoms. The molecule has 0 N–H and O–H groups in total. The molecule has 116 valence electrons. The lowest BCUT2D eigenvalue weighted by Crippen LogP contribution is -2.20. The minimum absolute atomic E-state index is 0.0299. The Kier molecular flexibility index (Phi) is 6.62. The summed E-state index contributed by atoms with van der Waals surface area (Å²) in [4.78, 5) is 0. The Balaban J connectivity index is 1.84.